The standard InChI is InChI=1S/C45H78NO8P/c1-3-5-7-9-11-13-15-17-19-20-21-22-24-25-27-29-31-33-35-37-44(47)51-41-43(42-53-55(49,50)52-40-39-46)54-45(48)38-36-34-32-30-28-26-23-18-16-14-12-10-8-6-4-2/h6,8,11-14,17-19,23,28,30,43H,3-5,7,9-10,15-16,20-22,24-27,29,31-42,46H2,1-2H3,(H,49,50)/b8-6-,13-11-,14-12-,19-17-,23-18-,30-28-/t43-/m1/s1. The van der Waals surface area contributed by atoms with E-state index in [9.17, 15) is 19.0 Å². The Hall–Kier alpha value is -2.55. The Kier molecular flexibility index (Phi) is 39.2. The third-order valence-electron chi connectivity index (χ3n) is 8.58. The molecule has 0 amide bonds. The lowest BCUT2D eigenvalue weighted by Gasteiger charge is -2.19. The van der Waals surface area contributed by atoms with Gasteiger partial charge in [-0.15, -0.1) is 0 Å². The van der Waals surface area contributed by atoms with Crippen LogP contribution in [-0.4, -0.2) is 49.3 Å². The van der Waals surface area contributed by atoms with E-state index in [1.807, 2.05) is 0 Å². The van der Waals surface area contributed by atoms with E-state index < -0.39 is 32.5 Å². The minimum absolute atomic E-state index is 0.0424. The van der Waals surface area contributed by atoms with Gasteiger partial charge in [0.15, 0.2) is 6.10 Å². The van der Waals surface area contributed by atoms with E-state index >= 15 is 0 Å². The van der Waals surface area contributed by atoms with Crippen LogP contribution in [0.2, 0.25) is 0 Å². The van der Waals surface area contributed by atoms with Gasteiger partial charge in [-0.25, -0.2) is 4.57 Å². The summed E-state index contributed by atoms with van der Waals surface area (Å²) < 4.78 is 32.7. The van der Waals surface area contributed by atoms with Crippen molar-refractivity contribution in [2.24, 2.45) is 5.73 Å². The molecule has 0 rings (SSSR count). The Labute approximate surface area is 335 Å². The zero-order valence-corrected chi connectivity index (χ0v) is 35.5. The molecule has 0 fully saturated rings. The number of hydrogen-bond donors (Lipinski definition) is 2. The molecule has 316 valence electrons. The highest BCUT2D eigenvalue weighted by Crippen LogP contribution is 2.43. The van der Waals surface area contributed by atoms with Gasteiger partial charge in [0.05, 0.1) is 13.2 Å². The maximum atomic E-state index is 12.6. The fourth-order valence-electron chi connectivity index (χ4n) is 5.42. The van der Waals surface area contributed by atoms with Gasteiger partial charge in [0.1, 0.15) is 6.61 Å². The maximum absolute atomic E-state index is 12.6. The molecule has 55 heavy (non-hydrogen) atoms. The van der Waals surface area contributed by atoms with Gasteiger partial charge in [-0.2, -0.15) is 0 Å². The van der Waals surface area contributed by atoms with Crippen LogP contribution in [0.5, 0.6) is 0 Å². The topological polar surface area (TPSA) is 134 Å². The molecule has 10 heteroatoms. The van der Waals surface area contributed by atoms with E-state index in [1.165, 1.54) is 57.8 Å². The molecule has 0 aliphatic heterocycles. The van der Waals surface area contributed by atoms with Crippen molar-refractivity contribution in [3.63, 3.8) is 0 Å². The smallest absolute Gasteiger partial charge is 0.462 e. The zero-order chi connectivity index (χ0) is 40.3. The molecule has 0 radical (unpaired) electrons. The average molecular weight is 792 g/mol. The molecule has 0 saturated heterocycles. The largest absolute Gasteiger partial charge is 0.472 e. The summed E-state index contributed by atoms with van der Waals surface area (Å²) in [7, 11) is -4.39. The van der Waals surface area contributed by atoms with Crippen LogP contribution in [0.3, 0.4) is 0 Å². The lowest BCUT2D eigenvalue weighted by atomic mass is 10.1. The molecule has 2 atom stereocenters. The van der Waals surface area contributed by atoms with Gasteiger partial charge in [0.2, 0.25) is 0 Å². The first-order valence-electron chi connectivity index (χ1n) is 21.4. The number of hydrogen-bond acceptors (Lipinski definition) is 8. The van der Waals surface area contributed by atoms with Crippen LogP contribution < -0.4 is 5.73 Å². The van der Waals surface area contributed by atoms with E-state index in [-0.39, 0.29) is 32.6 Å². The number of phosphoric ester groups is 1. The Balaban J connectivity index is 4.22. The number of phosphoric acid groups is 1. The predicted octanol–water partition coefficient (Wildman–Crippen LogP) is 12.3. The highest BCUT2D eigenvalue weighted by Gasteiger charge is 2.25. The Morgan fingerprint density at radius 3 is 1.53 bits per heavy atom. The summed E-state index contributed by atoms with van der Waals surface area (Å²) in [5, 5.41) is 0. The average Bonchev–Trinajstić information content (AvgIpc) is 3.17. The lowest BCUT2D eigenvalue weighted by Crippen LogP contribution is -2.29. The SMILES string of the molecule is CC/C=C\C/C=C\C/C=C\C/C=C\CCCCC(=O)O[C@H](COC(=O)CCCCCCCCCCC/C=C\C/C=C\CCCCC)COP(=O)(O)OCCN. The minimum Gasteiger partial charge on any atom is -0.462 e. The first-order valence-corrected chi connectivity index (χ1v) is 22.9. The van der Waals surface area contributed by atoms with Crippen molar-refractivity contribution in [2.45, 2.75) is 174 Å². The minimum atomic E-state index is -4.39. The first-order chi connectivity index (χ1) is 26.8. The van der Waals surface area contributed by atoms with Crippen molar-refractivity contribution in [2.75, 3.05) is 26.4 Å². The summed E-state index contributed by atoms with van der Waals surface area (Å²) in [6, 6.07) is 0. The molecule has 0 heterocycles. The van der Waals surface area contributed by atoms with Crippen molar-refractivity contribution in [1.29, 1.82) is 0 Å². The summed E-state index contributed by atoms with van der Waals surface area (Å²) >= 11 is 0. The van der Waals surface area contributed by atoms with Gasteiger partial charge in [-0.05, 0) is 83.5 Å². The van der Waals surface area contributed by atoms with E-state index in [1.54, 1.807) is 0 Å². The Morgan fingerprint density at radius 2 is 1.00 bits per heavy atom. The van der Waals surface area contributed by atoms with Crippen LogP contribution in [0.1, 0.15) is 168 Å². The quantitative estimate of drug-likeness (QED) is 0.0270. The molecule has 0 saturated carbocycles. The second-order valence-electron chi connectivity index (χ2n) is 13.8. The number of ether oxygens (including phenoxy) is 2. The van der Waals surface area contributed by atoms with Gasteiger partial charge in [0, 0.05) is 19.4 Å². The highest BCUT2D eigenvalue weighted by atomic mass is 31.2. The number of allylic oxidation sites excluding steroid dienone is 12. The summed E-state index contributed by atoms with van der Waals surface area (Å²) in [4.78, 5) is 34.8. The van der Waals surface area contributed by atoms with Crippen LogP contribution in [0.25, 0.3) is 0 Å². The molecule has 0 aromatic heterocycles. The second-order valence-corrected chi connectivity index (χ2v) is 15.3. The molecular formula is C45H78NO8P. The fourth-order valence-corrected chi connectivity index (χ4v) is 6.18. The van der Waals surface area contributed by atoms with Gasteiger partial charge in [-0.3, -0.25) is 18.6 Å². The molecule has 0 aromatic rings. The maximum Gasteiger partial charge on any atom is 0.472 e. The Bertz CT molecular complexity index is 1130. The zero-order valence-electron chi connectivity index (χ0n) is 34.6. The summed E-state index contributed by atoms with van der Waals surface area (Å²) in [6.45, 7) is 3.52. The van der Waals surface area contributed by atoms with Crippen LogP contribution in [0.4, 0.5) is 0 Å². The fraction of sp³-hybridized carbons (Fsp3) is 0.689. The molecule has 0 spiro atoms. The number of unbranched alkanes of at least 4 members (excludes halogenated alkanes) is 14. The number of esters is 2. The monoisotopic (exact) mass is 792 g/mol. The number of rotatable bonds is 39. The van der Waals surface area contributed by atoms with E-state index in [4.69, 9.17) is 24.3 Å². The number of carbonyl (C=O) groups excluding carboxylic acids is 2. The van der Waals surface area contributed by atoms with E-state index in [0.717, 1.165) is 77.0 Å². The van der Waals surface area contributed by atoms with E-state index in [0.29, 0.717) is 6.42 Å². The molecule has 0 bridgehead atoms. The van der Waals surface area contributed by atoms with Crippen molar-refractivity contribution >= 4 is 19.8 Å². The van der Waals surface area contributed by atoms with Crippen LogP contribution in [-0.2, 0) is 32.7 Å². The molecule has 9 nitrogen and oxygen atoms in total. The third kappa shape index (κ3) is 40.9. The Morgan fingerprint density at radius 1 is 0.564 bits per heavy atom. The van der Waals surface area contributed by atoms with Gasteiger partial charge >= 0.3 is 19.8 Å². The molecule has 1 unspecified atom stereocenters. The molecule has 0 aliphatic rings. The van der Waals surface area contributed by atoms with Crippen LogP contribution >= 0.6 is 7.82 Å². The van der Waals surface area contributed by atoms with Gasteiger partial charge in [0.25, 0.3) is 0 Å². The third-order valence-corrected chi connectivity index (χ3v) is 9.56. The summed E-state index contributed by atoms with van der Waals surface area (Å²) in [5.41, 5.74) is 5.34. The van der Waals surface area contributed by atoms with Gasteiger partial charge < -0.3 is 20.1 Å². The number of carbonyl (C=O) groups is 2. The summed E-state index contributed by atoms with van der Waals surface area (Å²) in [6.07, 6.45) is 49.3. The molecular weight excluding hydrogens is 713 g/mol. The normalized spacial score (nSPS) is 14.0. The van der Waals surface area contributed by atoms with Gasteiger partial charge in [-0.1, -0.05) is 145 Å². The predicted molar refractivity (Wildman–Crippen MR) is 229 cm³/mol. The van der Waals surface area contributed by atoms with Crippen LogP contribution in [0, 0.1) is 0 Å². The van der Waals surface area contributed by atoms with Crippen molar-refractivity contribution in [3.8, 4) is 0 Å². The first kappa shape index (κ1) is 52.5. The second kappa shape index (κ2) is 41.1. The lowest BCUT2D eigenvalue weighted by molar-refractivity contribution is -0.161. The van der Waals surface area contributed by atoms with E-state index in [2.05, 4.69) is 86.8 Å². The summed E-state index contributed by atoms with van der Waals surface area (Å²) in [5.74, 6) is -0.888. The highest BCUT2D eigenvalue weighted by molar-refractivity contribution is 7.47. The molecule has 0 aromatic carbocycles. The van der Waals surface area contributed by atoms with Crippen molar-refractivity contribution in [1.82, 2.24) is 0 Å². The van der Waals surface area contributed by atoms with Crippen LogP contribution in [0.15, 0.2) is 72.9 Å². The molecule has 0 aliphatic carbocycles. The molecule has 3 N–H and O–H groups in total. The van der Waals surface area contributed by atoms with Crippen molar-refractivity contribution in [3.05, 3.63) is 72.9 Å². The number of nitrogens with two attached hydrogens (primary N) is 1. The van der Waals surface area contributed by atoms with Crippen molar-refractivity contribution < 1.29 is 37.6 Å².